The van der Waals surface area contributed by atoms with Crippen molar-refractivity contribution in [2.75, 3.05) is 6.16 Å². The van der Waals surface area contributed by atoms with Gasteiger partial charge < -0.3 is 0 Å². The maximum absolute atomic E-state index is 3.36. The van der Waals surface area contributed by atoms with E-state index in [1.807, 2.05) is 20.8 Å². The predicted molar refractivity (Wildman–Crippen MR) is 139 cm³/mol. The van der Waals surface area contributed by atoms with Crippen LogP contribution in [0.4, 0.5) is 0 Å². The molecule has 0 spiro atoms. The Balaban J connectivity index is -0.0000000948. The van der Waals surface area contributed by atoms with Crippen molar-refractivity contribution in [3.05, 3.63) is 24.8 Å². The molecule has 0 aromatic carbocycles. The molecule has 168 valence electrons. The van der Waals surface area contributed by atoms with Gasteiger partial charge in [-0.25, -0.2) is 0 Å². The molecule has 0 nitrogen and oxygen atoms in total. The molecule has 0 N–H and O–H groups in total. The van der Waals surface area contributed by atoms with E-state index in [9.17, 15) is 0 Å². The van der Waals surface area contributed by atoms with Gasteiger partial charge in [-0.05, 0) is 44.2 Å². The van der Waals surface area contributed by atoms with Crippen LogP contribution < -0.4 is 0 Å². The molecule has 0 heterocycles. The van der Waals surface area contributed by atoms with Gasteiger partial charge in [0.15, 0.2) is 0 Å². The molecule has 0 fully saturated rings. The summed E-state index contributed by atoms with van der Waals surface area (Å²) in [6.07, 6.45) is 19.6. The van der Waals surface area contributed by atoms with Crippen LogP contribution in [-0.4, -0.2) is 6.16 Å². The molecule has 0 saturated heterocycles. The van der Waals surface area contributed by atoms with Crippen LogP contribution >= 0.6 is 9.24 Å². The van der Waals surface area contributed by atoms with Crippen molar-refractivity contribution in [2.24, 2.45) is 11.8 Å². The van der Waals surface area contributed by atoms with Crippen molar-refractivity contribution in [3.63, 3.8) is 0 Å². The molecule has 0 bridgehead atoms. The minimum atomic E-state index is 0.828. The summed E-state index contributed by atoms with van der Waals surface area (Å²) in [7, 11) is 2.66. The largest absolute Gasteiger partial charge is 0.138 e. The minimum absolute atomic E-state index is 0.828. The summed E-state index contributed by atoms with van der Waals surface area (Å²) in [6, 6.07) is 0. The molecule has 3 atom stereocenters. The van der Waals surface area contributed by atoms with Gasteiger partial charge in [-0.1, -0.05) is 119 Å². The third-order valence-electron chi connectivity index (χ3n) is 3.89. The molecule has 0 aliphatic rings. The molecule has 0 aromatic rings. The summed E-state index contributed by atoms with van der Waals surface area (Å²) in [4.78, 5) is 0. The molecular weight excluding hydrogens is 343 g/mol. The molecule has 0 amide bonds. The van der Waals surface area contributed by atoms with Gasteiger partial charge in [-0.2, -0.15) is 0 Å². The third kappa shape index (κ3) is 58.5. The first kappa shape index (κ1) is 37.6. The van der Waals surface area contributed by atoms with E-state index in [2.05, 4.69) is 76.4 Å². The Labute approximate surface area is 179 Å². The molecule has 3 unspecified atom stereocenters. The number of allylic oxidation sites excluding steroid dienone is 3. The average molecular weight is 403 g/mol. The minimum Gasteiger partial charge on any atom is -0.138 e. The molecule has 0 aromatic heterocycles. The van der Waals surface area contributed by atoms with Crippen LogP contribution in [0.1, 0.15) is 127 Å². The second kappa shape index (κ2) is 45.0. The maximum Gasteiger partial charge on any atom is -0.0236 e. The van der Waals surface area contributed by atoms with Gasteiger partial charge in [0.25, 0.3) is 0 Å². The van der Waals surface area contributed by atoms with Gasteiger partial charge in [0.05, 0.1) is 0 Å². The van der Waals surface area contributed by atoms with E-state index in [0.717, 1.165) is 11.8 Å². The summed E-state index contributed by atoms with van der Waals surface area (Å²) in [6.45, 7) is 25.0. The van der Waals surface area contributed by atoms with Crippen LogP contribution in [0.25, 0.3) is 0 Å². The summed E-state index contributed by atoms with van der Waals surface area (Å²) >= 11 is 0. The van der Waals surface area contributed by atoms with Crippen LogP contribution in [0.2, 0.25) is 0 Å². The highest BCUT2D eigenvalue weighted by Crippen LogP contribution is 2.18. The van der Waals surface area contributed by atoms with Crippen LogP contribution in [0, 0.1) is 11.8 Å². The van der Waals surface area contributed by atoms with Gasteiger partial charge in [0, 0.05) is 0 Å². The van der Waals surface area contributed by atoms with Gasteiger partial charge in [0.2, 0.25) is 0 Å². The van der Waals surface area contributed by atoms with Gasteiger partial charge in [-0.15, -0.1) is 15.8 Å². The van der Waals surface area contributed by atoms with Crippen molar-refractivity contribution in [2.45, 2.75) is 127 Å². The molecule has 1 heteroatoms. The smallest absolute Gasteiger partial charge is 0.0236 e. The lowest BCUT2D eigenvalue weighted by Gasteiger charge is -2.13. The van der Waals surface area contributed by atoms with E-state index >= 15 is 0 Å². The van der Waals surface area contributed by atoms with E-state index in [1.165, 1.54) is 63.9 Å². The summed E-state index contributed by atoms with van der Waals surface area (Å²) < 4.78 is 0. The Bertz CT molecular complexity index is 216. The van der Waals surface area contributed by atoms with Crippen LogP contribution in [0.5, 0.6) is 0 Å². The summed E-state index contributed by atoms with van der Waals surface area (Å²) in [5, 5.41) is 0. The molecule has 0 aliphatic heterocycles. The quantitative estimate of drug-likeness (QED) is 0.252. The average Bonchev–Trinajstić information content (AvgIpc) is 2.71. The SMILES string of the molecule is C=CC.CC.CC/C=C\C(CC)CCC(C)CC.CCCCC.CCCP. The highest BCUT2D eigenvalue weighted by atomic mass is 31.0. The first-order valence-electron chi connectivity index (χ1n) is 11.9. The lowest BCUT2D eigenvalue weighted by atomic mass is 9.93. The lowest BCUT2D eigenvalue weighted by Crippen LogP contribution is -1.99. The summed E-state index contributed by atoms with van der Waals surface area (Å²) in [5.41, 5.74) is 0. The standard InChI is InChI=1S/C13H26.C5H12.C3H9P.C3H6.C2H6/c1-5-8-9-13(7-3)11-10-12(4)6-2;1-3-5-4-2;1-2-3-4;1-3-2;1-2/h8-9,12-13H,5-7,10-11H2,1-4H3;3-5H2,1-2H3;2-4H2,1H3;3H,1H2,2H3;1-2H3/b9-8-;;;;. The molecule has 0 radical (unpaired) electrons. The predicted octanol–water partition coefficient (Wildman–Crippen LogP) is 10.5. The molecule has 0 rings (SSSR count). The fraction of sp³-hybridized carbons (Fsp3) is 0.846. The van der Waals surface area contributed by atoms with Gasteiger partial charge in [0.1, 0.15) is 0 Å². The van der Waals surface area contributed by atoms with E-state index in [-0.39, 0.29) is 0 Å². The fourth-order valence-electron chi connectivity index (χ4n) is 1.82. The number of hydrogen-bond donors (Lipinski definition) is 0. The van der Waals surface area contributed by atoms with E-state index in [0.29, 0.717) is 0 Å². The lowest BCUT2D eigenvalue weighted by molar-refractivity contribution is 0.439. The van der Waals surface area contributed by atoms with Crippen molar-refractivity contribution < 1.29 is 0 Å². The maximum atomic E-state index is 3.36. The molecule has 0 saturated carbocycles. The van der Waals surface area contributed by atoms with E-state index in [1.54, 1.807) is 6.08 Å². The second-order valence-corrected chi connectivity index (χ2v) is 7.22. The van der Waals surface area contributed by atoms with Crippen molar-refractivity contribution in [3.8, 4) is 0 Å². The van der Waals surface area contributed by atoms with Crippen LogP contribution in [-0.2, 0) is 0 Å². The van der Waals surface area contributed by atoms with Gasteiger partial charge >= 0.3 is 0 Å². The van der Waals surface area contributed by atoms with Crippen LogP contribution in [0.3, 0.4) is 0 Å². The zero-order valence-electron chi connectivity index (χ0n) is 21.2. The highest BCUT2D eigenvalue weighted by Gasteiger charge is 2.04. The fourth-order valence-corrected chi connectivity index (χ4v) is 1.82. The number of hydrogen-bond acceptors (Lipinski definition) is 0. The third-order valence-corrected chi connectivity index (χ3v) is 4.47. The van der Waals surface area contributed by atoms with Crippen LogP contribution in [0.15, 0.2) is 24.8 Å². The van der Waals surface area contributed by atoms with Crippen molar-refractivity contribution in [1.82, 2.24) is 0 Å². The Kier molecular flexibility index (Phi) is 62.7. The summed E-state index contributed by atoms with van der Waals surface area (Å²) in [5.74, 6) is 1.73. The highest BCUT2D eigenvalue weighted by molar-refractivity contribution is 7.16. The first-order valence-corrected chi connectivity index (χ1v) is 12.7. The van der Waals surface area contributed by atoms with Crippen molar-refractivity contribution >= 4 is 9.24 Å². The Hall–Kier alpha value is -0.0900. The Morgan fingerprint density at radius 2 is 1.30 bits per heavy atom. The Morgan fingerprint density at radius 3 is 1.52 bits per heavy atom. The van der Waals surface area contributed by atoms with E-state index < -0.39 is 0 Å². The monoisotopic (exact) mass is 402 g/mol. The number of unbranched alkanes of at least 4 members (excludes halogenated alkanes) is 2. The topological polar surface area (TPSA) is 0 Å². The van der Waals surface area contributed by atoms with E-state index in [4.69, 9.17) is 0 Å². The normalized spacial score (nSPS) is 11.2. The zero-order valence-corrected chi connectivity index (χ0v) is 22.4. The molecule has 27 heavy (non-hydrogen) atoms. The Morgan fingerprint density at radius 1 is 0.852 bits per heavy atom. The zero-order chi connectivity index (χ0) is 22.3. The molecule has 0 aliphatic carbocycles. The first-order chi connectivity index (χ1) is 13.0. The van der Waals surface area contributed by atoms with Gasteiger partial charge in [-0.3, -0.25) is 0 Å². The number of rotatable bonds is 10. The molecular formula is C26H59P. The second-order valence-electron chi connectivity index (χ2n) is 6.65. The van der Waals surface area contributed by atoms with Crippen molar-refractivity contribution in [1.29, 1.82) is 0 Å².